The van der Waals surface area contributed by atoms with Crippen LogP contribution in [0.25, 0.3) is 0 Å². The molecule has 3 saturated heterocycles. The number of nitrogens with two attached hydrogens (primary N) is 1. The molecule has 2 bridgehead atoms. The van der Waals surface area contributed by atoms with Crippen LogP contribution in [0.4, 0.5) is 5.69 Å². The zero-order valence-corrected chi connectivity index (χ0v) is 24.1. The van der Waals surface area contributed by atoms with Crippen molar-refractivity contribution in [3.63, 3.8) is 0 Å². The Kier molecular flexibility index (Phi) is 8.16. The van der Waals surface area contributed by atoms with Crippen LogP contribution in [0.3, 0.4) is 0 Å². The quantitative estimate of drug-likeness (QED) is 0.393. The Hall–Kier alpha value is -3.40. The van der Waals surface area contributed by atoms with Gasteiger partial charge in [0.05, 0.1) is 25.0 Å². The molecule has 40 heavy (non-hydrogen) atoms. The summed E-state index contributed by atoms with van der Waals surface area (Å²) in [4.78, 5) is 15.0. The fourth-order valence-corrected chi connectivity index (χ4v) is 7.09. The molecule has 3 aliphatic rings. The number of benzene rings is 3. The van der Waals surface area contributed by atoms with Crippen molar-refractivity contribution in [1.82, 2.24) is 10.2 Å². The van der Waals surface area contributed by atoms with Crippen LogP contribution in [0.5, 0.6) is 5.75 Å². The molecule has 3 N–H and O–H groups in total. The largest absolute Gasteiger partial charge is 0.496 e. The van der Waals surface area contributed by atoms with Crippen molar-refractivity contribution < 1.29 is 17.9 Å². The molecule has 3 aromatic rings. The van der Waals surface area contributed by atoms with Gasteiger partial charge in [-0.2, -0.15) is 0 Å². The van der Waals surface area contributed by atoms with E-state index in [1.54, 1.807) is 26.3 Å². The molecular weight excluding hydrogens is 524 g/mol. The normalized spacial score (nSPS) is 24.1. The van der Waals surface area contributed by atoms with Crippen LogP contribution < -0.4 is 20.1 Å². The molecular formula is C31H38N4O4S. The Bertz CT molecular complexity index is 1390. The molecule has 3 heterocycles. The number of carbonyl (C=O) groups is 1. The van der Waals surface area contributed by atoms with Crippen molar-refractivity contribution in [2.75, 3.05) is 37.8 Å². The van der Waals surface area contributed by atoms with Gasteiger partial charge in [-0.3, -0.25) is 14.0 Å². The Labute approximate surface area is 237 Å². The summed E-state index contributed by atoms with van der Waals surface area (Å²) in [7, 11) is -0.266. The van der Waals surface area contributed by atoms with Crippen molar-refractivity contribution in [2.45, 2.75) is 31.0 Å². The summed E-state index contributed by atoms with van der Waals surface area (Å²) in [6, 6.07) is 26.5. The first-order chi connectivity index (χ1) is 19.2. The summed E-state index contributed by atoms with van der Waals surface area (Å²) < 4.78 is 31.3. The molecule has 0 aliphatic carbocycles. The van der Waals surface area contributed by atoms with Gasteiger partial charge in [0.25, 0.3) is 0 Å². The van der Waals surface area contributed by atoms with Gasteiger partial charge in [0.15, 0.2) is 0 Å². The van der Waals surface area contributed by atoms with Crippen molar-refractivity contribution in [3.05, 3.63) is 95.6 Å². The molecule has 3 fully saturated rings. The van der Waals surface area contributed by atoms with E-state index in [1.165, 1.54) is 21.7 Å². The molecule has 0 saturated carbocycles. The van der Waals surface area contributed by atoms with Crippen LogP contribution >= 0.6 is 0 Å². The third kappa shape index (κ3) is 5.59. The number of primary amides is 1. The van der Waals surface area contributed by atoms with Gasteiger partial charge in [0.2, 0.25) is 15.9 Å². The van der Waals surface area contributed by atoms with Crippen molar-refractivity contribution >= 4 is 21.6 Å². The molecule has 0 aromatic heterocycles. The number of rotatable bonds is 10. The van der Waals surface area contributed by atoms with E-state index in [1.807, 2.05) is 18.2 Å². The number of nitrogens with one attached hydrogen (secondary N) is 1. The van der Waals surface area contributed by atoms with E-state index < -0.39 is 10.0 Å². The number of methoxy groups -OCH3 is 1. The minimum Gasteiger partial charge on any atom is -0.496 e. The number of nitrogens with zero attached hydrogens (tertiary/aromatic N) is 2. The van der Waals surface area contributed by atoms with E-state index in [4.69, 9.17) is 10.5 Å². The Morgan fingerprint density at radius 3 is 2.25 bits per heavy atom. The number of fused-ring (bicyclic) bond motifs is 3. The highest BCUT2D eigenvalue weighted by Gasteiger charge is 2.51. The van der Waals surface area contributed by atoms with Crippen LogP contribution in [0.2, 0.25) is 0 Å². The van der Waals surface area contributed by atoms with Gasteiger partial charge >= 0.3 is 0 Å². The molecule has 0 spiro atoms. The van der Waals surface area contributed by atoms with Crippen LogP contribution in [0.1, 0.15) is 29.0 Å². The van der Waals surface area contributed by atoms with E-state index in [0.717, 1.165) is 18.5 Å². The lowest BCUT2D eigenvalue weighted by molar-refractivity contribution is -0.132. The van der Waals surface area contributed by atoms with Crippen molar-refractivity contribution in [2.24, 2.45) is 17.6 Å². The Morgan fingerprint density at radius 1 is 1.07 bits per heavy atom. The second kappa shape index (κ2) is 11.6. The topological polar surface area (TPSA) is 105 Å². The molecule has 5 atom stereocenters. The van der Waals surface area contributed by atoms with Gasteiger partial charge < -0.3 is 15.8 Å². The maximum atomic E-state index is 12.6. The number of sulfonamides is 1. The first-order valence-corrected chi connectivity index (χ1v) is 15.5. The number of anilines is 1. The first kappa shape index (κ1) is 28.1. The van der Waals surface area contributed by atoms with Gasteiger partial charge in [-0.1, -0.05) is 60.7 Å². The highest BCUT2D eigenvalue weighted by atomic mass is 32.2. The van der Waals surface area contributed by atoms with Gasteiger partial charge in [-0.15, -0.1) is 0 Å². The van der Waals surface area contributed by atoms with Gasteiger partial charge in [0, 0.05) is 43.7 Å². The van der Waals surface area contributed by atoms with Crippen molar-refractivity contribution in [3.8, 4) is 5.75 Å². The highest BCUT2D eigenvalue weighted by Crippen LogP contribution is 2.44. The zero-order chi connectivity index (χ0) is 28.4. The lowest BCUT2D eigenvalue weighted by Crippen LogP contribution is -2.68. The van der Waals surface area contributed by atoms with E-state index in [0.29, 0.717) is 24.5 Å². The third-order valence-electron chi connectivity index (χ3n) is 8.63. The standard InChI is InChI=1S/C31H38N4O4S/c1-34(40(3,37)38)24-14-15-27(39-2)23(18-24)19-33-29-25-16-17-35(20-26(25)31(32)36)30(29)28(21-10-6-4-7-11-21)22-12-8-5-9-13-22/h4-15,18,25-26,28-30,33H,16-17,19-20H2,1-3H3,(H2,32,36)/t25-,26-,29-,30-/m0/s1. The third-order valence-corrected chi connectivity index (χ3v) is 9.83. The summed E-state index contributed by atoms with van der Waals surface area (Å²) in [6.45, 7) is 2.00. The summed E-state index contributed by atoms with van der Waals surface area (Å²) in [6.07, 6.45) is 2.07. The Balaban J connectivity index is 1.54. The lowest BCUT2D eigenvalue weighted by Gasteiger charge is -2.56. The number of carbonyl (C=O) groups excluding carboxylic acids is 1. The number of hydrogen-bond acceptors (Lipinski definition) is 6. The molecule has 3 aromatic carbocycles. The minimum absolute atomic E-state index is 0.0357. The van der Waals surface area contributed by atoms with E-state index in [-0.39, 0.29) is 35.7 Å². The van der Waals surface area contributed by atoms with Crippen LogP contribution in [0.15, 0.2) is 78.9 Å². The molecule has 1 amide bonds. The molecule has 212 valence electrons. The molecule has 9 heteroatoms. The number of ether oxygens (including phenoxy) is 1. The molecule has 1 unspecified atom stereocenters. The van der Waals surface area contributed by atoms with Crippen LogP contribution in [0, 0.1) is 11.8 Å². The summed E-state index contributed by atoms with van der Waals surface area (Å²) >= 11 is 0. The Morgan fingerprint density at radius 2 is 1.70 bits per heavy atom. The number of piperidine rings is 3. The first-order valence-electron chi connectivity index (χ1n) is 13.7. The number of amides is 1. The molecule has 6 rings (SSSR count). The molecule has 3 aliphatic heterocycles. The summed E-state index contributed by atoms with van der Waals surface area (Å²) in [5.41, 5.74) is 9.79. The zero-order valence-electron chi connectivity index (χ0n) is 23.2. The highest BCUT2D eigenvalue weighted by molar-refractivity contribution is 7.92. The SMILES string of the molecule is COc1ccc(N(C)S(C)(=O)=O)cc1CN[C@H]1[C@H]2CCN(C[C@@H]2C(N)=O)[C@H]1C(c1ccccc1)c1ccccc1. The maximum Gasteiger partial charge on any atom is 0.231 e. The van der Waals surface area contributed by atoms with Crippen molar-refractivity contribution in [1.29, 1.82) is 0 Å². The second-order valence-electron chi connectivity index (χ2n) is 10.9. The fourth-order valence-electron chi connectivity index (χ4n) is 6.59. The predicted octanol–water partition coefficient (Wildman–Crippen LogP) is 3.19. The van der Waals surface area contributed by atoms with Gasteiger partial charge in [-0.25, -0.2) is 8.42 Å². The van der Waals surface area contributed by atoms with Gasteiger partial charge in [-0.05, 0) is 48.2 Å². The average Bonchev–Trinajstić information content (AvgIpc) is 2.97. The van der Waals surface area contributed by atoms with E-state index >= 15 is 0 Å². The van der Waals surface area contributed by atoms with Crippen LogP contribution in [-0.2, 0) is 21.4 Å². The summed E-state index contributed by atoms with van der Waals surface area (Å²) in [5, 5.41) is 3.81. The smallest absolute Gasteiger partial charge is 0.231 e. The predicted molar refractivity (Wildman–Crippen MR) is 158 cm³/mol. The van der Waals surface area contributed by atoms with Gasteiger partial charge in [0.1, 0.15) is 5.75 Å². The monoisotopic (exact) mass is 562 g/mol. The second-order valence-corrected chi connectivity index (χ2v) is 12.9. The van der Waals surface area contributed by atoms with Crippen LogP contribution in [-0.4, -0.2) is 64.8 Å². The average molecular weight is 563 g/mol. The minimum atomic E-state index is -3.42. The van der Waals surface area contributed by atoms with E-state index in [9.17, 15) is 13.2 Å². The maximum absolute atomic E-state index is 12.6. The lowest BCUT2D eigenvalue weighted by atomic mass is 9.66. The summed E-state index contributed by atoms with van der Waals surface area (Å²) in [5.74, 6) is 0.339. The fraction of sp³-hybridized carbons (Fsp3) is 0.387. The molecule has 0 radical (unpaired) electrons. The molecule has 8 nitrogen and oxygen atoms in total. The number of hydrogen-bond donors (Lipinski definition) is 2. The van der Waals surface area contributed by atoms with E-state index in [2.05, 4.69) is 58.7 Å².